The maximum absolute atomic E-state index is 2.42. The molecule has 0 heteroatoms. The molecule has 0 bridgehead atoms. The van der Waals surface area contributed by atoms with E-state index in [9.17, 15) is 0 Å². The van der Waals surface area contributed by atoms with E-state index in [0.717, 1.165) is 0 Å². The zero-order valence-electron chi connectivity index (χ0n) is 9.14. The van der Waals surface area contributed by atoms with Gasteiger partial charge in [-0.15, -0.1) is 0 Å². The van der Waals surface area contributed by atoms with Gasteiger partial charge in [0.05, 0.1) is 0 Å². The van der Waals surface area contributed by atoms with E-state index in [-0.39, 0.29) is 0 Å². The van der Waals surface area contributed by atoms with Crippen molar-refractivity contribution in [3.05, 3.63) is 41.0 Å². The van der Waals surface area contributed by atoms with Crippen LogP contribution in [0, 0.1) is 13.8 Å². The summed E-state index contributed by atoms with van der Waals surface area (Å²) in [6.07, 6.45) is 7.68. The highest BCUT2D eigenvalue weighted by Gasteiger charge is 2.07. The molecule has 1 aromatic carbocycles. The standard InChI is InChI=1S/C14H18/c1-11-8-9-14(12(2)10-11)13-6-4-3-5-7-13/h6,8-10H,3-5,7H2,1-2H3. The minimum absolute atomic E-state index is 1.27. The van der Waals surface area contributed by atoms with Crippen LogP contribution in [-0.2, 0) is 0 Å². The Balaban J connectivity index is 2.35. The predicted octanol–water partition coefficient (Wildman–Crippen LogP) is 4.26. The first kappa shape index (κ1) is 9.51. The maximum atomic E-state index is 2.42. The third-order valence-electron chi connectivity index (χ3n) is 3.02. The summed E-state index contributed by atoms with van der Waals surface area (Å²) in [7, 11) is 0. The van der Waals surface area contributed by atoms with Crippen LogP contribution in [0.15, 0.2) is 24.3 Å². The molecule has 1 aliphatic carbocycles. The van der Waals surface area contributed by atoms with Crippen LogP contribution in [0.25, 0.3) is 5.57 Å². The van der Waals surface area contributed by atoms with Crippen LogP contribution in [0.1, 0.15) is 42.4 Å². The Hall–Kier alpha value is -1.04. The van der Waals surface area contributed by atoms with Gasteiger partial charge in [0.25, 0.3) is 0 Å². The van der Waals surface area contributed by atoms with E-state index in [1.165, 1.54) is 42.4 Å². The number of rotatable bonds is 1. The van der Waals surface area contributed by atoms with Crippen LogP contribution in [0.5, 0.6) is 0 Å². The van der Waals surface area contributed by atoms with E-state index in [1.807, 2.05) is 0 Å². The Kier molecular flexibility index (Phi) is 2.72. The van der Waals surface area contributed by atoms with Crippen molar-refractivity contribution in [3.8, 4) is 0 Å². The zero-order chi connectivity index (χ0) is 9.97. The summed E-state index contributed by atoms with van der Waals surface area (Å²) in [5.74, 6) is 0. The Bertz CT molecular complexity index is 358. The predicted molar refractivity (Wildman–Crippen MR) is 62.4 cm³/mol. The summed E-state index contributed by atoms with van der Waals surface area (Å²) in [6.45, 7) is 4.38. The topological polar surface area (TPSA) is 0 Å². The summed E-state index contributed by atoms with van der Waals surface area (Å²) in [5.41, 5.74) is 5.82. The van der Waals surface area contributed by atoms with Gasteiger partial charge in [0.2, 0.25) is 0 Å². The summed E-state index contributed by atoms with van der Waals surface area (Å²) < 4.78 is 0. The molecule has 2 rings (SSSR count). The van der Waals surface area contributed by atoms with Crippen LogP contribution in [0.3, 0.4) is 0 Å². The van der Waals surface area contributed by atoms with E-state index >= 15 is 0 Å². The van der Waals surface area contributed by atoms with Crippen LogP contribution >= 0.6 is 0 Å². The summed E-state index contributed by atoms with van der Waals surface area (Å²) in [5, 5.41) is 0. The average Bonchev–Trinajstić information content (AvgIpc) is 2.19. The normalized spacial score (nSPS) is 16.6. The first-order valence-electron chi connectivity index (χ1n) is 5.54. The van der Waals surface area contributed by atoms with Gasteiger partial charge in [0, 0.05) is 0 Å². The Morgan fingerprint density at radius 3 is 2.57 bits per heavy atom. The lowest BCUT2D eigenvalue weighted by Gasteiger charge is -2.15. The average molecular weight is 186 g/mol. The molecule has 0 heterocycles. The summed E-state index contributed by atoms with van der Waals surface area (Å²) in [4.78, 5) is 0. The largest absolute Gasteiger partial charge is 0.0807 e. The third-order valence-corrected chi connectivity index (χ3v) is 3.02. The molecular formula is C14H18. The van der Waals surface area contributed by atoms with E-state index in [2.05, 4.69) is 38.1 Å². The molecule has 0 atom stereocenters. The zero-order valence-corrected chi connectivity index (χ0v) is 9.14. The summed E-state index contributed by atoms with van der Waals surface area (Å²) in [6, 6.07) is 6.78. The SMILES string of the molecule is Cc1ccc(C2=CCCCC2)c(C)c1. The second kappa shape index (κ2) is 4.00. The van der Waals surface area contributed by atoms with Gasteiger partial charge in [-0.25, -0.2) is 0 Å². The van der Waals surface area contributed by atoms with Crippen molar-refractivity contribution < 1.29 is 0 Å². The van der Waals surface area contributed by atoms with Crippen LogP contribution in [0.4, 0.5) is 0 Å². The van der Waals surface area contributed by atoms with Gasteiger partial charge in [-0.1, -0.05) is 29.8 Å². The van der Waals surface area contributed by atoms with Gasteiger partial charge in [0.15, 0.2) is 0 Å². The first-order valence-corrected chi connectivity index (χ1v) is 5.54. The molecule has 0 fully saturated rings. The quantitative estimate of drug-likeness (QED) is 0.614. The molecular weight excluding hydrogens is 168 g/mol. The molecule has 0 nitrogen and oxygen atoms in total. The maximum Gasteiger partial charge on any atom is -0.0198 e. The number of allylic oxidation sites excluding steroid dienone is 2. The lowest BCUT2D eigenvalue weighted by Crippen LogP contribution is -1.94. The highest BCUT2D eigenvalue weighted by atomic mass is 14.1. The molecule has 0 amide bonds. The molecule has 1 aliphatic rings. The molecule has 0 saturated carbocycles. The summed E-state index contributed by atoms with van der Waals surface area (Å²) >= 11 is 0. The fourth-order valence-electron chi connectivity index (χ4n) is 2.26. The van der Waals surface area contributed by atoms with Gasteiger partial charge in [-0.05, 0) is 56.2 Å². The van der Waals surface area contributed by atoms with Crippen molar-refractivity contribution in [3.63, 3.8) is 0 Å². The van der Waals surface area contributed by atoms with Gasteiger partial charge in [-0.3, -0.25) is 0 Å². The lowest BCUT2D eigenvalue weighted by atomic mass is 9.90. The van der Waals surface area contributed by atoms with Crippen molar-refractivity contribution in [1.29, 1.82) is 0 Å². The highest BCUT2D eigenvalue weighted by Crippen LogP contribution is 2.28. The van der Waals surface area contributed by atoms with Crippen molar-refractivity contribution >= 4 is 5.57 Å². The molecule has 1 aromatic rings. The number of hydrogen-bond acceptors (Lipinski definition) is 0. The van der Waals surface area contributed by atoms with E-state index in [0.29, 0.717) is 0 Å². The minimum atomic E-state index is 1.27. The van der Waals surface area contributed by atoms with Gasteiger partial charge in [-0.2, -0.15) is 0 Å². The lowest BCUT2D eigenvalue weighted by molar-refractivity contribution is 0.741. The Morgan fingerprint density at radius 1 is 1.07 bits per heavy atom. The molecule has 0 spiro atoms. The number of aryl methyl sites for hydroxylation is 2. The minimum Gasteiger partial charge on any atom is -0.0807 e. The molecule has 0 saturated heterocycles. The first-order chi connectivity index (χ1) is 6.77. The monoisotopic (exact) mass is 186 g/mol. The second-order valence-electron chi connectivity index (χ2n) is 4.29. The van der Waals surface area contributed by atoms with Crippen molar-refractivity contribution in [1.82, 2.24) is 0 Å². The number of hydrogen-bond donors (Lipinski definition) is 0. The van der Waals surface area contributed by atoms with Gasteiger partial charge < -0.3 is 0 Å². The molecule has 0 aromatic heterocycles. The van der Waals surface area contributed by atoms with E-state index < -0.39 is 0 Å². The molecule has 0 aliphatic heterocycles. The van der Waals surface area contributed by atoms with Gasteiger partial charge in [0.1, 0.15) is 0 Å². The van der Waals surface area contributed by atoms with Crippen molar-refractivity contribution in [2.24, 2.45) is 0 Å². The second-order valence-corrected chi connectivity index (χ2v) is 4.29. The number of benzene rings is 1. The van der Waals surface area contributed by atoms with E-state index in [4.69, 9.17) is 0 Å². The molecule has 14 heavy (non-hydrogen) atoms. The van der Waals surface area contributed by atoms with Crippen molar-refractivity contribution in [2.45, 2.75) is 39.5 Å². The fourth-order valence-corrected chi connectivity index (χ4v) is 2.26. The van der Waals surface area contributed by atoms with Crippen molar-refractivity contribution in [2.75, 3.05) is 0 Å². The molecule has 74 valence electrons. The van der Waals surface area contributed by atoms with Crippen LogP contribution in [-0.4, -0.2) is 0 Å². The third kappa shape index (κ3) is 1.89. The van der Waals surface area contributed by atoms with Gasteiger partial charge >= 0.3 is 0 Å². The fraction of sp³-hybridized carbons (Fsp3) is 0.429. The van der Waals surface area contributed by atoms with E-state index in [1.54, 1.807) is 5.57 Å². The Labute approximate surface area is 86.7 Å². The molecule has 0 radical (unpaired) electrons. The molecule has 0 N–H and O–H groups in total. The van der Waals surface area contributed by atoms with Crippen LogP contribution < -0.4 is 0 Å². The highest BCUT2D eigenvalue weighted by molar-refractivity contribution is 5.68. The molecule has 0 unspecified atom stereocenters. The smallest absolute Gasteiger partial charge is 0.0198 e. The Morgan fingerprint density at radius 2 is 1.93 bits per heavy atom. The van der Waals surface area contributed by atoms with Crippen LogP contribution in [0.2, 0.25) is 0 Å².